The van der Waals surface area contributed by atoms with Crippen molar-refractivity contribution >= 4 is 28.9 Å². The van der Waals surface area contributed by atoms with Crippen LogP contribution in [0.25, 0.3) is 11.3 Å². The van der Waals surface area contributed by atoms with Gasteiger partial charge in [0, 0.05) is 16.9 Å². The van der Waals surface area contributed by atoms with Crippen LogP contribution in [-0.2, 0) is 0 Å². The second kappa shape index (κ2) is 6.14. The molecule has 0 aliphatic carbocycles. The van der Waals surface area contributed by atoms with Crippen LogP contribution in [0.15, 0.2) is 59.0 Å². The topological polar surface area (TPSA) is 68.3 Å². The van der Waals surface area contributed by atoms with Crippen LogP contribution < -0.4 is 11.1 Å². The molecular formula is C17H12ClFN2O2. The average Bonchev–Trinajstić information content (AvgIpc) is 3.02. The number of furan rings is 1. The maximum absolute atomic E-state index is 13.2. The predicted molar refractivity (Wildman–Crippen MR) is 87.9 cm³/mol. The Balaban J connectivity index is 1.79. The van der Waals surface area contributed by atoms with Gasteiger partial charge in [-0.3, -0.25) is 4.79 Å². The molecule has 2 aromatic carbocycles. The van der Waals surface area contributed by atoms with Crippen molar-refractivity contribution in [3.8, 4) is 11.3 Å². The maximum atomic E-state index is 13.2. The average molecular weight is 331 g/mol. The molecule has 0 bridgehead atoms. The Kier molecular flexibility index (Phi) is 4.04. The minimum Gasteiger partial charge on any atom is -0.451 e. The fraction of sp³-hybridized carbons (Fsp3) is 0. The quantitative estimate of drug-likeness (QED) is 0.691. The van der Waals surface area contributed by atoms with Gasteiger partial charge in [-0.1, -0.05) is 11.6 Å². The minimum absolute atomic E-state index is 0.00761. The summed E-state index contributed by atoms with van der Waals surface area (Å²) in [5.74, 6) is -0.343. The zero-order valence-electron chi connectivity index (χ0n) is 11.8. The van der Waals surface area contributed by atoms with E-state index in [1.807, 2.05) is 0 Å². The number of carbonyl (C=O) groups is 1. The highest BCUT2D eigenvalue weighted by Gasteiger charge is 2.13. The Morgan fingerprint density at radius 2 is 1.83 bits per heavy atom. The number of nitrogens with two attached hydrogens (primary N) is 1. The van der Waals surface area contributed by atoms with Crippen LogP contribution in [0, 0.1) is 5.82 Å². The van der Waals surface area contributed by atoms with Crippen molar-refractivity contribution in [2.45, 2.75) is 0 Å². The van der Waals surface area contributed by atoms with E-state index < -0.39 is 11.7 Å². The Morgan fingerprint density at radius 3 is 2.52 bits per heavy atom. The first-order valence-corrected chi connectivity index (χ1v) is 7.13. The molecule has 0 aliphatic heterocycles. The lowest BCUT2D eigenvalue weighted by Crippen LogP contribution is -2.10. The number of hydrogen-bond donors (Lipinski definition) is 2. The highest BCUT2D eigenvalue weighted by atomic mass is 35.5. The van der Waals surface area contributed by atoms with E-state index >= 15 is 0 Å². The first-order valence-electron chi connectivity index (χ1n) is 6.75. The van der Waals surface area contributed by atoms with E-state index in [1.54, 1.807) is 36.4 Å². The summed E-state index contributed by atoms with van der Waals surface area (Å²) >= 11 is 5.75. The molecule has 1 aromatic heterocycles. The summed E-state index contributed by atoms with van der Waals surface area (Å²) in [5.41, 5.74) is 7.39. The molecule has 0 aliphatic rings. The molecule has 23 heavy (non-hydrogen) atoms. The van der Waals surface area contributed by atoms with Gasteiger partial charge in [0.15, 0.2) is 5.76 Å². The van der Waals surface area contributed by atoms with Crippen LogP contribution in [0.1, 0.15) is 10.6 Å². The van der Waals surface area contributed by atoms with Crippen molar-refractivity contribution in [3.05, 3.63) is 71.2 Å². The lowest BCUT2D eigenvalue weighted by atomic mass is 10.2. The molecule has 0 atom stereocenters. The number of carbonyl (C=O) groups excluding carboxylic acids is 1. The van der Waals surface area contributed by atoms with Gasteiger partial charge in [-0.2, -0.15) is 0 Å². The fourth-order valence-electron chi connectivity index (χ4n) is 2.02. The third kappa shape index (κ3) is 3.35. The summed E-state index contributed by atoms with van der Waals surface area (Å²) in [7, 11) is 0. The Labute approximate surface area is 136 Å². The summed E-state index contributed by atoms with van der Waals surface area (Å²) in [6.45, 7) is 0. The molecule has 0 spiro atoms. The van der Waals surface area contributed by atoms with E-state index in [0.29, 0.717) is 22.7 Å². The van der Waals surface area contributed by atoms with E-state index in [-0.39, 0.29) is 10.8 Å². The van der Waals surface area contributed by atoms with Crippen LogP contribution in [0.3, 0.4) is 0 Å². The van der Waals surface area contributed by atoms with Crippen molar-refractivity contribution in [1.82, 2.24) is 0 Å². The lowest BCUT2D eigenvalue weighted by Gasteiger charge is -2.03. The van der Waals surface area contributed by atoms with Gasteiger partial charge in [-0.15, -0.1) is 0 Å². The Morgan fingerprint density at radius 1 is 1.09 bits per heavy atom. The number of anilines is 2. The molecule has 116 valence electrons. The van der Waals surface area contributed by atoms with Gasteiger partial charge in [-0.25, -0.2) is 4.39 Å². The highest BCUT2D eigenvalue weighted by Crippen LogP contribution is 2.27. The molecule has 1 heterocycles. The molecular weight excluding hydrogens is 319 g/mol. The normalized spacial score (nSPS) is 10.5. The number of benzene rings is 2. The van der Waals surface area contributed by atoms with Crippen LogP contribution in [-0.4, -0.2) is 5.91 Å². The summed E-state index contributed by atoms with van der Waals surface area (Å²) in [6, 6.07) is 14.1. The number of amides is 1. The standard InChI is InChI=1S/C17H12ClFN2O2/c18-13-9-10(1-6-14(13)19)15-7-8-16(23-15)17(22)21-12-4-2-11(20)3-5-12/h1-9H,20H2,(H,21,22). The molecule has 3 N–H and O–H groups in total. The van der Waals surface area contributed by atoms with Crippen molar-refractivity contribution in [2.24, 2.45) is 0 Å². The maximum Gasteiger partial charge on any atom is 0.291 e. The van der Waals surface area contributed by atoms with Crippen molar-refractivity contribution in [2.75, 3.05) is 11.1 Å². The molecule has 4 nitrogen and oxygen atoms in total. The zero-order valence-corrected chi connectivity index (χ0v) is 12.6. The molecule has 0 radical (unpaired) electrons. The molecule has 0 unspecified atom stereocenters. The SMILES string of the molecule is Nc1ccc(NC(=O)c2ccc(-c3ccc(F)c(Cl)c3)o2)cc1. The van der Waals surface area contributed by atoms with Gasteiger partial charge < -0.3 is 15.5 Å². The second-order valence-electron chi connectivity index (χ2n) is 4.87. The van der Waals surface area contributed by atoms with Gasteiger partial charge >= 0.3 is 0 Å². The predicted octanol–water partition coefficient (Wildman–Crippen LogP) is 4.57. The number of rotatable bonds is 3. The van der Waals surface area contributed by atoms with Gasteiger partial charge in [0.1, 0.15) is 11.6 Å². The largest absolute Gasteiger partial charge is 0.451 e. The van der Waals surface area contributed by atoms with Crippen LogP contribution >= 0.6 is 11.6 Å². The molecule has 0 saturated carbocycles. The summed E-state index contributed by atoms with van der Waals surface area (Å²) in [6.07, 6.45) is 0. The van der Waals surface area contributed by atoms with Crippen molar-refractivity contribution in [3.63, 3.8) is 0 Å². The summed E-state index contributed by atoms with van der Waals surface area (Å²) < 4.78 is 18.7. The lowest BCUT2D eigenvalue weighted by molar-refractivity contribution is 0.0997. The first kappa shape index (κ1) is 15.1. The number of hydrogen-bond acceptors (Lipinski definition) is 3. The number of halogens is 2. The van der Waals surface area contributed by atoms with Gasteiger partial charge in [0.25, 0.3) is 5.91 Å². The second-order valence-corrected chi connectivity index (χ2v) is 5.28. The number of nitrogen functional groups attached to an aromatic ring is 1. The first-order chi connectivity index (χ1) is 11.0. The summed E-state index contributed by atoms with van der Waals surface area (Å²) in [5, 5.41) is 2.69. The highest BCUT2D eigenvalue weighted by molar-refractivity contribution is 6.31. The minimum atomic E-state index is -0.511. The smallest absolute Gasteiger partial charge is 0.291 e. The van der Waals surface area contributed by atoms with E-state index in [1.165, 1.54) is 18.2 Å². The van der Waals surface area contributed by atoms with Gasteiger partial charge in [0.05, 0.1) is 5.02 Å². The monoisotopic (exact) mass is 330 g/mol. The third-order valence-electron chi connectivity index (χ3n) is 3.20. The molecule has 1 amide bonds. The van der Waals surface area contributed by atoms with Crippen LogP contribution in [0.5, 0.6) is 0 Å². The Hall–Kier alpha value is -2.79. The molecule has 3 rings (SSSR count). The third-order valence-corrected chi connectivity index (χ3v) is 3.49. The zero-order chi connectivity index (χ0) is 16.4. The molecule has 0 fully saturated rings. The van der Waals surface area contributed by atoms with Gasteiger partial charge in [-0.05, 0) is 54.6 Å². The van der Waals surface area contributed by atoms with Crippen molar-refractivity contribution < 1.29 is 13.6 Å². The molecule has 6 heteroatoms. The van der Waals surface area contributed by atoms with E-state index in [4.69, 9.17) is 21.8 Å². The van der Waals surface area contributed by atoms with E-state index in [0.717, 1.165) is 0 Å². The van der Waals surface area contributed by atoms with Crippen LogP contribution in [0.2, 0.25) is 5.02 Å². The van der Waals surface area contributed by atoms with E-state index in [2.05, 4.69) is 5.32 Å². The van der Waals surface area contributed by atoms with Crippen LogP contribution in [0.4, 0.5) is 15.8 Å². The summed E-state index contributed by atoms with van der Waals surface area (Å²) in [4.78, 5) is 12.1. The molecule has 3 aromatic rings. The van der Waals surface area contributed by atoms with Gasteiger partial charge in [0.2, 0.25) is 0 Å². The fourth-order valence-corrected chi connectivity index (χ4v) is 2.20. The van der Waals surface area contributed by atoms with E-state index in [9.17, 15) is 9.18 Å². The number of nitrogens with one attached hydrogen (secondary N) is 1. The van der Waals surface area contributed by atoms with Crippen molar-refractivity contribution in [1.29, 1.82) is 0 Å². The molecule has 0 saturated heterocycles. The Bertz CT molecular complexity index is 859.